The highest BCUT2D eigenvalue weighted by Crippen LogP contribution is 2.19. The summed E-state index contributed by atoms with van der Waals surface area (Å²) in [5.74, 6) is -0.170. The van der Waals surface area contributed by atoms with E-state index in [-0.39, 0.29) is 11.7 Å². The number of halogens is 1. The number of hydrogen-bond acceptors (Lipinski definition) is 2. The van der Waals surface area contributed by atoms with Crippen LogP contribution in [0.4, 0.5) is 10.1 Å². The summed E-state index contributed by atoms with van der Waals surface area (Å²) in [4.78, 5) is 1.98. The lowest BCUT2D eigenvalue weighted by atomic mass is 10.0. The molecule has 20 heavy (non-hydrogen) atoms. The second kappa shape index (κ2) is 5.74. The van der Waals surface area contributed by atoms with E-state index in [9.17, 15) is 4.39 Å². The van der Waals surface area contributed by atoms with E-state index in [4.69, 9.17) is 11.1 Å². The lowest BCUT2D eigenvalue weighted by molar-refractivity contribution is 0.627. The largest absolute Gasteiger partial charge is 0.384 e. The molecule has 2 rings (SSSR count). The Labute approximate surface area is 118 Å². The molecule has 0 heterocycles. The smallest absolute Gasteiger partial charge is 0.125 e. The highest BCUT2D eigenvalue weighted by Gasteiger charge is 2.07. The molecule has 0 unspecified atom stereocenters. The van der Waals surface area contributed by atoms with Crippen molar-refractivity contribution < 1.29 is 4.39 Å². The van der Waals surface area contributed by atoms with Crippen molar-refractivity contribution in [1.29, 1.82) is 5.41 Å². The molecule has 3 N–H and O–H groups in total. The van der Waals surface area contributed by atoms with Crippen LogP contribution in [0, 0.1) is 18.2 Å². The standard InChI is InChI=1S/C16H18FN3/c1-11-8-12(16(18)19)6-7-13(11)10-20(2)15-5-3-4-14(17)9-15/h3-9H,10H2,1-2H3,(H3,18,19). The van der Waals surface area contributed by atoms with Crippen molar-refractivity contribution in [2.45, 2.75) is 13.5 Å². The van der Waals surface area contributed by atoms with Crippen molar-refractivity contribution >= 4 is 11.5 Å². The molecule has 0 fully saturated rings. The SMILES string of the molecule is Cc1cc(C(=N)N)ccc1CN(C)c1cccc(F)c1. The first-order valence-electron chi connectivity index (χ1n) is 6.38. The zero-order valence-corrected chi connectivity index (χ0v) is 11.7. The molecule has 0 radical (unpaired) electrons. The summed E-state index contributed by atoms with van der Waals surface area (Å²) in [7, 11) is 1.92. The molecule has 0 spiro atoms. The molecule has 3 nitrogen and oxygen atoms in total. The Morgan fingerprint density at radius 1 is 1.25 bits per heavy atom. The topological polar surface area (TPSA) is 53.1 Å². The summed E-state index contributed by atoms with van der Waals surface area (Å²) in [6, 6.07) is 12.2. The lowest BCUT2D eigenvalue weighted by Gasteiger charge is -2.21. The highest BCUT2D eigenvalue weighted by molar-refractivity contribution is 5.95. The fourth-order valence-corrected chi connectivity index (χ4v) is 2.10. The van der Waals surface area contributed by atoms with Crippen LogP contribution in [0.1, 0.15) is 16.7 Å². The number of nitrogen functional groups attached to an aromatic ring is 1. The fourth-order valence-electron chi connectivity index (χ4n) is 2.10. The Morgan fingerprint density at radius 3 is 2.60 bits per heavy atom. The maximum Gasteiger partial charge on any atom is 0.125 e. The number of rotatable bonds is 4. The third-order valence-electron chi connectivity index (χ3n) is 3.31. The molecule has 0 amide bonds. The van der Waals surface area contributed by atoms with Crippen LogP contribution in [0.5, 0.6) is 0 Å². The Balaban J connectivity index is 2.19. The number of hydrogen-bond donors (Lipinski definition) is 2. The summed E-state index contributed by atoms with van der Waals surface area (Å²) in [5.41, 5.74) is 9.23. The van der Waals surface area contributed by atoms with Gasteiger partial charge in [0.15, 0.2) is 0 Å². The summed E-state index contributed by atoms with van der Waals surface area (Å²) in [6.45, 7) is 2.66. The van der Waals surface area contributed by atoms with E-state index in [1.807, 2.05) is 43.1 Å². The zero-order valence-electron chi connectivity index (χ0n) is 11.7. The number of nitrogens with two attached hydrogens (primary N) is 1. The van der Waals surface area contributed by atoms with Gasteiger partial charge in [-0.1, -0.05) is 18.2 Å². The van der Waals surface area contributed by atoms with Crippen LogP contribution in [-0.2, 0) is 6.54 Å². The molecule has 0 bridgehead atoms. The minimum atomic E-state index is -0.238. The van der Waals surface area contributed by atoms with Crippen LogP contribution < -0.4 is 10.6 Å². The van der Waals surface area contributed by atoms with Crippen LogP contribution in [0.3, 0.4) is 0 Å². The van der Waals surface area contributed by atoms with Gasteiger partial charge in [-0.2, -0.15) is 0 Å². The molecule has 104 valence electrons. The Hall–Kier alpha value is -2.36. The van der Waals surface area contributed by atoms with Crippen molar-refractivity contribution in [2.24, 2.45) is 5.73 Å². The molecular weight excluding hydrogens is 253 g/mol. The van der Waals surface area contributed by atoms with E-state index in [1.165, 1.54) is 12.1 Å². The van der Waals surface area contributed by atoms with Crippen molar-refractivity contribution in [3.05, 3.63) is 65.0 Å². The maximum atomic E-state index is 13.2. The van der Waals surface area contributed by atoms with Crippen LogP contribution in [0.2, 0.25) is 0 Å². The van der Waals surface area contributed by atoms with Gasteiger partial charge in [0.1, 0.15) is 11.7 Å². The number of aryl methyl sites for hydroxylation is 1. The second-order valence-electron chi connectivity index (χ2n) is 4.89. The fraction of sp³-hybridized carbons (Fsp3) is 0.188. The van der Waals surface area contributed by atoms with Gasteiger partial charge in [0.2, 0.25) is 0 Å². The number of anilines is 1. The number of amidine groups is 1. The van der Waals surface area contributed by atoms with Crippen molar-refractivity contribution in [1.82, 2.24) is 0 Å². The lowest BCUT2D eigenvalue weighted by Crippen LogP contribution is -2.18. The van der Waals surface area contributed by atoms with Crippen LogP contribution in [0.25, 0.3) is 0 Å². The van der Waals surface area contributed by atoms with Crippen molar-refractivity contribution in [3.8, 4) is 0 Å². The molecule has 0 atom stereocenters. The molecule has 2 aromatic carbocycles. The van der Waals surface area contributed by atoms with Gasteiger partial charge in [-0.15, -0.1) is 0 Å². The van der Waals surface area contributed by atoms with Crippen molar-refractivity contribution in [2.75, 3.05) is 11.9 Å². The third kappa shape index (κ3) is 3.15. The van der Waals surface area contributed by atoms with Crippen molar-refractivity contribution in [3.63, 3.8) is 0 Å². The van der Waals surface area contributed by atoms with Gasteiger partial charge in [0, 0.05) is 24.8 Å². The minimum Gasteiger partial charge on any atom is -0.384 e. The summed E-state index contributed by atoms with van der Waals surface area (Å²) >= 11 is 0. The molecule has 0 aliphatic rings. The Morgan fingerprint density at radius 2 is 2.00 bits per heavy atom. The quantitative estimate of drug-likeness (QED) is 0.663. The zero-order chi connectivity index (χ0) is 14.7. The molecule has 0 saturated heterocycles. The van der Waals surface area contributed by atoms with E-state index >= 15 is 0 Å². The third-order valence-corrected chi connectivity index (χ3v) is 3.31. The van der Waals surface area contributed by atoms with Crippen LogP contribution >= 0.6 is 0 Å². The maximum absolute atomic E-state index is 13.2. The number of nitrogens with one attached hydrogen (secondary N) is 1. The first-order chi connectivity index (χ1) is 9.47. The summed E-state index contributed by atoms with van der Waals surface area (Å²) < 4.78 is 13.2. The second-order valence-corrected chi connectivity index (χ2v) is 4.89. The average Bonchev–Trinajstić information content (AvgIpc) is 2.40. The molecular formula is C16H18FN3. The predicted octanol–water partition coefficient (Wildman–Crippen LogP) is 3.05. The molecule has 0 aliphatic heterocycles. The van der Waals surface area contributed by atoms with E-state index in [2.05, 4.69) is 0 Å². The Bertz CT molecular complexity index is 637. The molecule has 2 aromatic rings. The average molecular weight is 271 g/mol. The van der Waals surface area contributed by atoms with Gasteiger partial charge in [0.05, 0.1) is 0 Å². The van der Waals surface area contributed by atoms with Crippen LogP contribution in [-0.4, -0.2) is 12.9 Å². The van der Waals surface area contributed by atoms with E-state index < -0.39 is 0 Å². The van der Waals surface area contributed by atoms with Crippen LogP contribution in [0.15, 0.2) is 42.5 Å². The normalized spacial score (nSPS) is 10.3. The monoisotopic (exact) mass is 271 g/mol. The Kier molecular flexibility index (Phi) is 4.03. The number of benzene rings is 2. The summed E-state index contributed by atoms with van der Waals surface area (Å²) in [6.07, 6.45) is 0. The molecule has 4 heteroatoms. The summed E-state index contributed by atoms with van der Waals surface area (Å²) in [5, 5.41) is 7.43. The molecule has 0 saturated carbocycles. The van der Waals surface area contributed by atoms with Gasteiger partial charge in [-0.05, 0) is 42.3 Å². The molecule has 0 aromatic heterocycles. The van der Waals surface area contributed by atoms with Gasteiger partial charge < -0.3 is 10.6 Å². The van der Waals surface area contributed by atoms with Gasteiger partial charge >= 0.3 is 0 Å². The molecule has 0 aliphatic carbocycles. The predicted molar refractivity (Wildman–Crippen MR) is 80.7 cm³/mol. The van der Waals surface area contributed by atoms with E-state index in [1.54, 1.807) is 6.07 Å². The number of nitrogens with zero attached hydrogens (tertiary/aromatic N) is 1. The highest BCUT2D eigenvalue weighted by atomic mass is 19.1. The van der Waals surface area contributed by atoms with E-state index in [0.717, 1.165) is 22.4 Å². The van der Waals surface area contributed by atoms with Gasteiger partial charge in [0.25, 0.3) is 0 Å². The van der Waals surface area contributed by atoms with E-state index in [0.29, 0.717) is 6.54 Å². The first kappa shape index (κ1) is 14.1. The van der Waals surface area contributed by atoms with Gasteiger partial charge in [-0.3, -0.25) is 5.41 Å². The minimum absolute atomic E-state index is 0.0677. The van der Waals surface area contributed by atoms with Gasteiger partial charge in [-0.25, -0.2) is 4.39 Å². The first-order valence-corrected chi connectivity index (χ1v) is 6.38.